The van der Waals surface area contributed by atoms with Crippen LogP contribution in [0.15, 0.2) is 53.7 Å². The Morgan fingerprint density at radius 1 is 1.24 bits per heavy atom. The average molecular weight is 416 g/mol. The minimum Gasteiger partial charge on any atom is -0.346 e. The lowest BCUT2D eigenvalue weighted by molar-refractivity contribution is 0.113. The standard InChI is InChI=1S/C21H22F2N4OS/c1-21(2)9-11-26(15-5-7-16(8-6-15)29-19(22)23)20(28)27(21)13-14-12-25-18-17(14)4-3-10-24-18/h3-8,10,12,19H,9,11,13H2,1-2H3,(H,24,25). The first-order valence-corrected chi connectivity index (χ1v) is 10.3. The maximum Gasteiger partial charge on any atom is 0.325 e. The molecule has 8 heteroatoms. The van der Waals surface area contributed by atoms with Crippen LogP contribution in [0.4, 0.5) is 19.3 Å². The number of thioether (sulfide) groups is 1. The van der Waals surface area contributed by atoms with Gasteiger partial charge in [0, 0.05) is 40.4 Å². The number of nitrogens with zero attached hydrogens (tertiary/aromatic N) is 3. The van der Waals surface area contributed by atoms with Gasteiger partial charge in [-0.2, -0.15) is 8.78 Å². The molecule has 3 aromatic rings. The van der Waals surface area contributed by atoms with Crippen molar-refractivity contribution in [3.05, 3.63) is 54.4 Å². The third-order valence-electron chi connectivity index (χ3n) is 5.38. The molecule has 2 aromatic heterocycles. The van der Waals surface area contributed by atoms with Gasteiger partial charge in [0.2, 0.25) is 0 Å². The van der Waals surface area contributed by atoms with E-state index < -0.39 is 5.76 Å². The molecule has 0 saturated carbocycles. The molecule has 0 spiro atoms. The zero-order chi connectivity index (χ0) is 20.6. The Hall–Kier alpha value is -2.61. The number of rotatable bonds is 5. The lowest BCUT2D eigenvalue weighted by atomic mass is 9.94. The number of fused-ring (bicyclic) bond motifs is 1. The summed E-state index contributed by atoms with van der Waals surface area (Å²) >= 11 is 0.502. The number of H-pyrrole nitrogens is 1. The number of pyridine rings is 1. The first-order valence-electron chi connectivity index (χ1n) is 9.40. The van der Waals surface area contributed by atoms with Crippen molar-refractivity contribution in [2.24, 2.45) is 0 Å². The number of carbonyl (C=O) groups excluding carboxylic acids is 1. The first kappa shape index (κ1) is 19.7. The van der Waals surface area contributed by atoms with Crippen LogP contribution in [-0.2, 0) is 6.54 Å². The van der Waals surface area contributed by atoms with Gasteiger partial charge < -0.3 is 9.88 Å². The van der Waals surface area contributed by atoms with E-state index in [0.717, 1.165) is 28.7 Å². The van der Waals surface area contributed by atoms with Crippen molar-refractivity contribution in [2.75, 3.05) is 11.4 Å². The minimum atomic E-state index is -2.46. The van der Waals surface area contributed by atoms with Crippen molar-refractivity contribution in [3.8, 4) is 0 Å². The van der Waals surface area contributed by atoms with Crippen molar-refractivity contribution < 1.29 is 13.6 Å². The van der Waals surface area contributed by atoms with Crippen LogP contribution in [0.25, 0.3) is 11.0 Å². The minimum absolute atomic E-state index is 0.0891. The van der Waals surface area contributed by atoms with E-state index in [0.29, 0.717) is 29.7 Å². The number of aromatic nitrogens is 2. The van der Waals surface area contributed by atoms with Gasteiger partial charge in [-0.25, -0.2) is 9.78 Å². The predicted octanol–water partition coefficient (Wildman–Crippen LogP) is 5.49. The number of alkyl halides is 2. The van der Waals surface area contributed by atoms with Crippen LogP contribution >= 0.6 is 11.8 Å². The SMILES string of the molecule is CC1(C)CCN(c2ccc(SC(F)F)cc2)C(=O)N1Cc1c[nH]c2ncccc12. The number of hydrogen-bond donors (Lipinski definition) is 1. The normalized spacial score (nSPS) is 16.8. The number of aromatic amines is 1. The topological polar surface area (TPSA) is 52.2 Å². The van der Waals surface area contributed by atoms with E-state index in [1.54, 1.807) is 35.4 Å². The van der Waals surface area contributed by atoms with Crippen molar-refractivity contribution in [3.63, 3.8) is 0 Å². The third-order valence-corrected chi connectivity index (χ3v) is 6.10. The Bertz CT molecular complexity index is 1020. The highest BCUT2D eigenvalue weighted by molar-refractivity contribution is 7.99. The molecule has 1 fully saturated rings. The molecule has 1 saturated heterocycles. The van der Waals surface area contributed by atoms with Crippen LogP contribution in [0.3, 0.4) is 0 Å². The summed E-state index contributed by atoms with van der Waals surface area (Å²) in [5, 5.41) is 1.00. The Morgan fingerprint density at radius 3 is 2.72 bits per heavy atom. The maximum atomic E-state index is 13.4. The average Bonchev–Trinajstić information content (AvgIpc) is 3.09. The number of hydrogen-bond acceptors (Lipinski definition) is 3. The predicted molar refractivity (Wildman–Crippen MR) is 111 cm³/mol. The summed E-state index contributed by atoms with van der Waals surface area (Å²) < 4.78 is 25.1. The van der Waals surface area contributed by atoms with Crippen molar-refractivity contribution >= 4 is 34.5 Å². The smallest absolute Gasteiger partial charge is 0.325 e. The van der Waals surface area contributed by atoms with E-state index >= 15 is 0 Å². The number of carbonyl (C=O) groups is 1. The van der Waals surface area contributed by atoms with Gasteiger partial charge in [-0.3, -0.25) is 4.90 Å². The lowest BCUT2D eigenvalue weighted by Crippen LogP contribution is -2.59. The van der Waals surface area contributed by atoms with E-state index in [4.69, 9.17) is 0 Å². The molecular formula is C21H22F2N4OS. The van der Waals surface area contributed by atoms with E-state index in [2.05, 4.69) is 23.8 Å². The molecule has 152 valence electrons. The summed E-state index contributed by atoms with van der Waals surface area (Å²) in [4.78, 5) is 24.9. The summed E-state index contributed by atoms with van der Waals surface area (Å²) in [6.07, 6.45) is 4.43. The van der Waals surface area contributed by atoms with E-state index in [1.165, 1.54) is 0 Å². The van der Waals surface area contributed by atoms with Crippen LogP contribution < -0.4 is 4.90 Å². The van der Waals surface area contributed by atoms with Crippen molar-refractivity contribution in [1.29, 1.82) is 0 Å². The van der Waals surface area contributed by atoms with Crippen molar-refractivity contribution in [1.82, 2.24) is 14.9 Å². The molecule has 0 aliphatic carbocycles. The molecule has 0 radical (unpaired) electrons. The summed E-state index contributed by atoms with van der Waals surface area (Å²) in [5.74, 6) is -2.46. The molecule has 1 N–H and O–H groups in total. The molecule has 4 rings (SSSR count). The fraction of sp³-hybridized carbons (Fsp3) is 0.333. The monoisotopic (exact) mass is 416 g/mol. The van der Waals surface area contributed by atoms with Gasteiger partial charge in [0.25, 0.3) is 5.76 Å². The van der Waals surface area contributed by atoms with Crippen LogP contribution in [0.2, 0.25) is 0 Å². The molecule has 1 aliphatic rings. The Morgan fingerprint density at radius 2 is 2.00 bits per heavy atom. The zero-order valence-electron chi connectivity index (χ0n) is 16.2. The lowest BCUT2D eigenvalue weighted by Gasteiger charge is -2.46. The van der Waals surface area contributed by atoms with Gasteiger partial charge >= 0.3 is 6.03 Å². The largest absolute Gasteiger partial charge is 0.346 e. The number of amides is 2. The highest BCUT2D eigenvalue weighted by atomic mass is 32.2. The molecule has 0 bridgehead atoms. The second-order valence-electron chi connectivity index (χ2n) is 7.67. The van der Waals surface area contributed by atoms with Crippen LogP contribution in [-0.4, -0.2) is 38.7 Å². The van der Waals surface area contributed by atoms with Crippen LogP contribution in [0, 0.1) is 0 Å². The number of benzene rings is 1. The quantitative estimate of drug-likeness (QED) is 0.560. The van der Waals surface area contributed by atoms with Gasteiger partial charge in [-0.1, -0.05) is 11.8 Å². The zero-order valence-corrected chi connectivity index (χ0v) is 17.0. The molecular weight excluding hydrogens is 394 g/mol. The number of halogens is 2. The molecule has 2 amide bonds. The van der Waals surface area contributed by atoms with Gasteiger partial charge in [-0.15, -0.1) is 0 Å². The van der Waals surface area contributed by atoms with E-state index in [1.807, 2.05) is 23.2 Å². The number of nitrogens with one attached hydrogen (secondary N) is 1. The molecule has 0 unspecified atom stereocenters. The van der Waals surface area contributed by atoms with Crippen molar-refractivity contribution in [2.45, 2.75) is 43.0 Å². The Labute approximate surface area is 172 Å². The maximum absolute atomic E-state index is 13.4. The molecule has 1 aromatic carbocycles. The summed E-state index contributed by atoms with van der Waals surface area (Å²) in [5.41, 5.74) is 2.23. The number of anilines is 1. The van der Waals surface area contributed by atoms with Gasteiger partial charge in [-0.05, 0) is 62.2 Å². The first-order chi connectivity index (χ1) is 13.8. The van der Waals surface area contributed by atoms with Gasteiger partial charge in [0.1, 0.15) is 5.65 Å². The molecule has 5 nitrogen and oxygen atoms in total. The van der Waals surface area contributed by atoms with Gasteiger partial charge in [0.15, 0.2) is 0 Å². The second-order valence-corrected chi connectivity index (χ2v) is 8.73. The molecule has 3 heterocycles. The third kappa shape index (κ3) is 3.94. The summed E-state index contributed by atoms with van der Waals surface area (Å²) in [6, 6.07) is 10.5. The highest BCUT2D eigenvalue weighted by Gasteiger charge is 2.39. The Kier molecular flexibility index (Phi) is 5.21. The highest BCUT2D eigenvalue weighted by Crippen LogP contribution is 2.33. The van der Waals surface area contributed by atoms with Crippen LogP contribution in [0.5, 0.6) is 0 Å². The summed E-state index contributed by atoms with van der Waals surface area (Å²) in [7, 11) is 0. The second kappa shape index (κ2) is 7.67. The fourth-order valence-electron chi connectivity index (χ4n) is 3.66. The molecule has 0 atom stereocenters. The number of urea groups is 1. The molecule has 1 aliphatic heterocycles. The fourth-order valence-corrected chi connectivity index (χ4v) is 4.16. The van der Waals surface area contributed by atoms with E-state index in [-0.39, 0.29) is 11.6 Å². The van der Waals surface area contributed by atoms with E-state index in [9.17, 15) is 13.6 Å². The van der Waals surface area contributed by atoms with Gasteiger partial charge in [0.05, 0.1) is 6.54 Å². The Balaban J connectivity index is 1.59. The van der Waals surface area contributed by atoms with Crippen LogP contribution in [0.1, 0.15) is 25.8 Å². The summed E-state index contributed by atoms with van der Waals surface area (Å²) in [6.45, 7) is 5.18. The molecule has 29 heavy (non-hydrogen) atoms.